The lowest BCUT2D eigenvalue weighted by Gasteiger charge is -2.25. The van der Waals surface area contributed by atoms with E-state index in [1.54, 1.807) is 0 Å². The number of carboxylic acid groups (broad SMARTS) is 2. The molecular weight excluding hydrogens is 352 g/mol. The molecule has 1 rings (SSSR count). The summed E-state index contributed by atoms with van der Waals surface area (Å²) < 4.78 is 0. The minimum Gasteiger partial charge on any atom is -0.480 e. The Hall–Kier alpha value is -1.84. The molecule has 0 atom stereocenters. The van der Waals surface area contributed by atoms with Crippen molar-refractivity contribution in [3.8, 4) is 0 Å². The molecule has 0 spiro atoms. The molecule has 0 bridgehead atoms. The van der Waals surface area contributed by atoms with Crippen LogP contribution in [0.2, 0.25) is 0 Å². The third-order valence-corrected chi connectivity index (χ3v) is 5.69. The van der Waals surface area contributed by atoms with Gasteiger partial charge in [0, 0.05) is 0 Å². The number of carboxylic acids is 2. The minimum atomic E-state index is -1.62. The lowest BCUT2D eigenvalue weighted by atomic mass is 9.78. The number of hydrogen-bond donors (Lipinski definition) is 2. The summed E-state index contributed by atoms with van der Waals surface area (Å²) in [5.41, 5.74) is -0.348. The van der Waals surface area contributed by atoms with E-state index in [1.165, 1.54) is 31.2 Å². The highest BCUT2D eigenvalue weighted by molar-refractivity contribution is 5.98. The van der Waals surface area contributed by atoms with Crippen LogP contribution in [0.3, 0.4) is 0 Å². The van der Waals surface area contributed by atoms with Gasteiger partial charge in [-0.3, -0.25) is 9.59 Å². The SMILES string of the molecule is CCCCCCCCCCC(CCCCCc1ccccc1)(C(=O)O)C(=O)O. The summed E-state index contributed by atoms with van der Waals surface area (Å²) in [6, 6.07) is 10.2. The second kappa shape index (κ2) is 14.2. The van der Waals surface area contributed by atoms with E-state index in [2.05, 4.69) is 19.1 Å². The van der Waals surface area contributed by atoms with Crippen molar-refractivity contribution in [3.63, 3.8) is 0 Å². The van der Waals surface area contributed by atoms with Gasteiger partial charge in [-0.05, 0) is 31.2 Å². The zero-order chi connectivity index (χ0) is 20.7. The molecule has 0 aromatic heterocycles. The monoisotopic (exact) mass is 390 g/mol. The van der Waals surface area contributed by atoms with Gasteiger partial charge in [-0.2, -0.15) is 0 Å². The van der Waals surface area contributed by atoms with Crippen LogP contribution in [0.5, 0.6) is 0 Å². The Morgan fingerprint density at radius 3 is 1.68 bits per heavy atom. The second-order valence-electron chi connectivity index (χ2n) is 7.96. The molecule has 28 heavy (non-hydrogen) atoms. The van der Waals surface area contributed by atoms with Crippen molar-refractivity contribution in [3.05, 3.63) is 35.9 Å². The number of hydrogen-bond acceptors (Lipinski definition) is 2. The molecule has 158 valence electrons. The average molecular weight is 391 g/mol. The summed E-state index contributed by atoms with van der Waals surface area (Å²) in [6.45, 7) is 2.19. The lowest BCUT2D eigenvalue weighted by molar-refractivity contribution is -0.166. The van der Waals surface area contributed by atoms with E-state index in [0.29, 0.717) is 12.8 Å². The van der Waals surface area contributed by atoms with E-state index in [9.17, 15) is 19.8 Å². The van der Waals surface area contributed by atoms with Crippen LogP contribution in [-0.2, 0) is 16.0 Å². The quantitative estimate of drug-likeness (QED) is 0.236. The Kier molecular flexibility index (Phi) is 12.3. The Morgan fingerprint density at radius 2 is 1.18 bits per heavy atom. The third-order valence-electron chi connectivity index (χ3n) is 5.69. The second-order valence-corrected chi connectivity index (χ2v) is 7.96. The lowest BCUT2D eigenvalue weighted by Crippen LogP contribution is -2.39. The molecule has 0 aliphatic heterocycles. The van der Waals surface area contributed by atoms with Gasteiger partial charge in [0.2, 0.25) is 0 Å². The van der Waals surface area contributed by atoms with Gasteiger partial charge in [-0.15, -0.1) is 0 Å². The summed E-state index contributed by atoms with van der Waals surface area (Å²) in [5, 5.41) is 19.3. The summed E-state index contributed by atoms with van der Waals surface area (Å²) in [7, 11) is 0. The Bertz CT molecular complexity index is 539. The fraction of sp³-hybridized carbons (Fsp3) is 0.667. The molecule has 0 amide bonds. The Balaban J connectivity index is 2.35. The van der Waals surface area contributed by atoms with Crippen LogP contribution in [0.25, 0.3) is 0 Å². The van der Waals surface area contributed by atoms with E-state index in [-0.39, 0.29) is 12.8 Å². The highest BCUT2D eigenvalue weighted by Gasteiger charge is 2.45. The third kappa shape index (κ3) is 8.90. The molecule has 2 N–H and O–H groups in total. The number of aliphatic carboxylic acids is 2. The molecule has 0 radical (unpaired) electrons. The Morgan fingerprint density at radius 1 is 0.714 bits per heavy atom. The predicted molar refractivity (Wildman–Crippen MR) is 114 cm³/mol. The molecule has 0 fully saturated rings. The minimum absolute atomic E-state index is 0.225. The smallest absolute Gasteiger partial charge is 0.321 e. The first-order valence-corrected chi connectivity index (χ1v) is 11.0. The fourth-order valence-corrected chi connectivity index (χ4v) is 3.78. The molecule has 0 heterocycles. The van der Waals surface area contributed by atoms with Crippen molar-refractivity contribution in [1.82, 2.24) is 0 Å². The van der Waals surface area contributed by atoms with Gasteiger partial charge in [-0.1, -0.05) is 101 Å². The molecule has 0 aliphatic rings. The first-order valence-electron chi connectivity index (χ1n) is 11.0. The molecule has 4 heteroatoms. The van der Waals surface area contributed by atoms with Gasteiger partial charge in [0.05, 0.1) is 0 Å². The number of carbonyl (C=O) groups is 2. The molecule has 0 saturated carbocycles. The number of unbranched alkanes of at least 4 members (excludes halogenated alkanes) is 9. The molecule has 0 aliphatic carbocycles. The molecule has 1 aromatic carbocycles. The first-order chi connectivity index (χ1) is 13.5. The van der Waals surface area contributed by atoms with Crippen LogP contribution in [0, 0.1) is 5.41 Å². The van der Waals surface area contributed by atoms with E-state index >= 15 is 0 Å². The summed E-state index contributed by atoms with van der Waals surface area (Å²) in [4.78, 5) is 23.6. The zero-order valence-electron chi connectivity index (χ0n) is 17.5. The Labute approximate surface area is 170 Å². The van der Waals surface area contributed by atoms with Gasteiger partial charge >= 0.3 is 11.9 Å². The van der Waals surface area contributed by atoms with Crippen molar-refractivity contribution in [2.75, 3.05) is 0 Å². The van der Waals surface area contributed by atoms with Crippen LogP contribution < -0.4 is 0 Å². The van der Waals surface area contributed by atoms with E-state index in [4.69, 9.17) is 0 Å². The van der Waals surface area contributed by atoms with Crippen molar-refractivity contribution in [2.24, 2.45) is 5.41 Å². The van der Waals surface area contributed by atoms with Crippen molar-refractivity contribution in [2.45, 2.75) is 96.8 Å². The molecule has 0 saturated heterocycles. The summed E-state index contributed by atoms with van der Waals surface area (Å²) in [6.07, 6.45) is 12.7. The van der Waals surface area contributed by atoms with Gasteiger partial charge in [0.25, 0.3) is 0 Å². The van der Waals surface area contributed by atoms with Crippen molar-refractivity contribution < 1.29 is 19.8 Å². The molecule has 4 nitrogen and oxygen atoms in total. The van der Waals surface area contributed by atoms with Crippen molar-refractivity contribution >= 4 is 11.9 Å². The maximum absolute atomic E-state index is 11.8. The maximum atomic E-state index is 11.8. The molecule has 1 aromatic rings. The van der Waals surface area contributed by atoms with Crippen molar-refractivity contribution in [1.29, 1.82) is 0 Å². The van der Waals surface area contributed by atoms with Crippen LogP contribution >= 0.6 is 0 Å². The average Bonchev–Trinajstić information content (AvgIpc) is 2.68. The van der Waals surface area contributed by atoms with Crippen LogP contribution in [0.4, 0.5) is 0 Å². The molecule has 0 unspecified atom stereocenters. The van der Waals surface area contributed by atoms with Crippen LogP contribution in [0.15, 0.2) is 30.3 Å². The number of rotatable bonds is 17. The predicted octanol–water partition coefficient (Wildman–Crippen LogP) is 6.48. The van der Waals surface area contributed by atoms with Gasteiger partial charge in [0.1, 0.15) is 0 Å². The van der Waals surface area contributed by atoms with Crippen LogP contribution in [-0.4, -0.2) is 22.2 Å². The van der Waals surface area contributed by atoms with E-state index < -0.39 is 17.4 Å². The molecular formula is C24H38O4. The van der Waals surface area contributed by atoms with E-state index in [1.807, 2.05) is 18.2 Å². The maximum Gasteiger partial charge on any atom is 0.321 e. The van der Waals surface area contributed by atoms with Crippen LogP contribution in [0.1, 0.15) is 96.0 Å². The topological polar surface area (TPSA) is 74.6 Å². The standard InChI is InChI=1S/C24H38O4/c1-2-3-4-5-6-7-8-14-19-24(22(25)26,23(27)28)20-15-10-13-18-21-16-11-9-12-17-21/h9,11-12,16-17H,2-8,10,13-15,18-20H2,1H3,(H,25,26)(H,27,28). The highest BCUT2D eigenvalue weighted by atomic mass is 16.4. The largest absolute Gasteiger partial charge is 0.480 e. The summed E-state index contributed by atoms with van der Waals surface area (Å²) in [5.74, 6) is -2.35. The first kappa shape index (κ1) is 24.2. The zero-order valence-corrected chi connectivity index (χ0v) is 17.5. The van der Waals surface area contributed by atoms with Gasteiger partial charge in [-0.25, -0.2) is 0 Å². The van der Waals surface area contributed by atoms with Gasteiger partial charge < -0.3 is 10.2 Å². The van der Waals surface area contributed by atoms with E-state index in [0.717, 1.165) is 38.5 Å². The van der Waals surface area contributed by atoms with Gasteiger partial charge in [0.15, 0.2) is 5.41 Å². The number of aryl methyl sites for hydroxylation is 1. The normalized spacial score (nSPS) is 11.5. The number of benzene rings is 1. The fourth-order valence-electron chi connectivity index (χ4n) is 3.78. The summed E-state index contributed by atoms with van der Waals surface area (Å²) >= 11 is 0. The highest BCUT2D eigenvalue weighted by Crippen LogP contribution is 2.33.